The maximum atomic E-state index is 6.24. The smallest absolute Gasteiger partial charge is 0.0412 e. The van der Waals surface area contributed by atoms with Gasteiger partial charge in [0.25, 0.3) is 0 Å². The van der Waals surface area contributed by atoms with E-state index in [9.17, 15) is 0 Å². The van der Waals surface area contributed by atoms with Gasteiger partial charge >= 0.3 is 0 Å². The third kappa shape index (κ3) is 2.20. The van der Waals surface area contributed by atoms with Crippen LogP contribution >= 0.6 is 34.2 Å². The minimum absolute atomic E-state index is 0.778. The van der Waals surface area contributed by atoms with Crippen LogP contribution in [0.1, 0.15) is 0 Å². The zero-order valence-corrected chi connectivity index (χ0v) is 14.6. The third-order valence-corrected chi connectivity index (χ3v) is 5.34. The Morgan fingerprint density at radius 2 is 1.27 bits per heavy atom. The monoisotopic (exact) mass is 414 g/mol. The average molecular weight is 415 g/mol. The van der Waals surface area contributed by atoms with Crippen molar-refractivity contribution in [3.63, 3.8) is 0 Å². The van der Waals surface area contributed by atoms with Gasteiger partial charge in [-0.2, -0.15) is 0 Å². The van der Waals surface area contributed by atoms with Crippen LogP contribution in [0.25, 0.3) is 32.7 Å². The predicted octanol–water partition coefficient (Wildman–Crippen LogP) is 6.92. The van der Waals surface area contributed by atoms with Gasteiger partial charge in [-0.05, 0) is 61.8 Å². The molecule has 0 aliphatic rings. The molecule has 0 unspecified atom stereocenters. The largest absolute Gasteiger partial charge is 0.0843 e. The highest BCUT2D eigenvalue weighted by atomic mass is 127. The Labute approximate surface area is 147 Å². The molecule has 0 aromatic heterocycles. The van der Waals surface area contributed by atoms with E-state index in [0.29, 0.717) is 0 Å². The zero-order chi connectivity index (χ0) is 15.1. The number of benzene rings is 4. The fourth-order valence-electron chi connectivity index (χ4n) is 3.01. The van der Waals surface area contributed by atoms with E-state index in [-0.39, 0.29) is 0 Å². The van der Waals surface area contributed by atoms with Crippen LogP contribution in [0.4, 0.5) is 0 Å². The van der Waals surface area contributed by atoms with E-state index in [0.717, 1.165) is 5.02 Å². The van der Waals surface area contributed by atoms with E-state index in [1.54, 1.807) is 0 Å². The van der Waals surface area contributed by atoms with Gasteiger partial charge < -0.3 is 0 Å². The van der Waals surface area contributed by atoms with E-state index in [1.165, 1.54) is 36.2 Å². The minimum atomic E-state index is 0.778. The van der Waals surface area contributed by atoms with Crippen molar-refractivity contribution >= 4 is 55.7 Å². The molecule has 0 aliphatic carbocycles. The van der Waals surface area contributed by atoms with Crippen LogP contribution in [0, 0.1) is 3.57 Å². The Morgan fingerprint density at radius 1 is 0.636 bits per heavy atom. The van der Waals surface area contributed by atoms with Gasteiger partial charge in [0.15, 0.2) is 0 Å². The Bertz CT molecular complexity index is 991. The Hall–Kier alpha value is -1.58. The maximum Gasteiger partial charge on any atom is 0.0412 e. The van der Waals surface area contributed by atoms with Gasteiger partial charge in [0.1, 0.15) is 0 Å². The summed E-state index contributed by atoms with van der Waals surface area (Å²) in [5, 5.41) is 5.80. The van der Waals surface area contributed by atoms with Gasteiger partial charge in [-0.1, -0.05) is 72.3 Å². The van der Waals surface area contributed by atoms with Crippen molar-refractivity contribution in [1.29, 1.82) is 0 Å². The molecular formula is C20H12ClI. The van der Waals surface area contributed by atoms with Gasteiger partial charge in [0.2, 0.25) is 0 Å². The second kappa shape index (κ2) is 5.56. The number of hydrogen-bond acceptors (Lipinski definition) is 0. The molecule has 4 aromatic carbocycles. The number of rotatable bonds is 1. The zero-order valence-electron chi connectivity index (χ0n) is 11.7. The first-order valence-corrected chi connectivity index (χ1v) is 8.56. The molecule has 4 aromatic rings. The molecule has 0 saturated heterocycles. The van der Waals surface area contributed by atoms with Crippen molar-refractivity contribution in [3.8, 4) is 11.1 Å². The van der Waals surface area contributed by atoms with Crippen molar-refractivity contribution in [2.45, 2.75) is 0 Å². The van der Waals surface area contributed by atoms with E-state index in [2.05, 4.69) is 89.3 Å². The first-order chi connectivity index (χ1) is 10.8. The quantitative estimate of drug-likeness (QED) is 0.234. The van der Waals surface area contributed by atoms with Gasteiger partial charge in [-0.3, -0.25) is 0 Å². The summed E-state index contributed by atoms with van der Waals surface area (Å²) in [5.74, 6) is 0. The summed E-state index contributed by atoms with van der Waals surface area (Å²) >= 11 is 8.69. The molecule has 0 atom stereocenters. The summed E-state index contributed by atoms with van der Waals surface area (Å²) in [6, 6.07) is 25.3. The van der Waals surface area contributed by atoms with Crippen molar-refractivity contribution in [2.75, 3.05) is 0 Å². The van der Waals surface area contributed by atoms with E-state index in [1.807, 2.05) is 6.07 Å². The first-order valence-electron chi connectivity index (χ1n) is 7.10. The first kappa shape index (κ1) is 14.0. The molecule has 4 rings (SSSR count). The van der Waals surface area contributed by atoms with Crippen LogP contribution in [0.3, 0.4) is 0 Å². The fraction of sp³-hybridized carbons (Fsp3) is 0. The second-order valence-electron chi connectivity index (χ2n) is 5.29. The number of halogens is 2. The summed E-state index contributed by atoms with van der Waals surface area (Å²) < 4.78 is 1.25. The predicted molar refractivity (Wildman–Crippen MR) is 105 cm³/mol. The highest BCUT2D eigenvalue weighted by molar-refractivity contribution is 14.1. The van der Waals surface area contributed by atoms with Crippen molar-refractivity contribution in [1.82, 2.24) is 0 Å². The molecule has 0 nitrogen and oxygen atoms in total. The van der Waals surface area contributed by atoms with Crippen LogP contribution < -0.4 is 0 Å². The molecule has 0 aliphatic heterocycles. The molecular weight excluding hydrogens is 403 g/mol. The van der Waals surface area contributed by atoms with E-state index < -0.39 is 0 Å². The van der Waals surface area contributed by atoms with Gasteiger partial charge in [0.05, 0.1) is 0 Å². The summed E-state index contributed by atoms with van der Waals surface area (Å²) in [5.41, 5.74) is 2.52. The summed E-state index contributed by atoms with van der Waals surface area (Å²) in [4.78, 5) is 0. The molecule has 0 amide bonds. The summed E-state index contributed by atoms with van der Waals surface area (Å²) in [6.45, 7) is 0. The highest BCUT2D eigenvalue weighted by Crippen LogP contribution is 2.40. The second-order valence-corrected chi connectivity index (χ2v) is 6.81. The summed E-state index contributed by atoms with van der Waals surface area (Å²) in [7, 11) is 0. The molecule has 0 saturated carbocycles. The van der Waals surface area contributed by atoms with Crippen LogP contribution in [0.15, 0.2) is 72.8 Å². The standard InChI is InChI=1S/C20H12ClI/c21-14-10-11-16-15-8-4-5-9-17(15)19(20(22)18(16)12-14)13-6-2-1-3-7-13/h1-12H. The molecule has 0 heterocycles. The van der Waals surface area contributed by atoms with Crippen molar-refractivity contribution in [3.05, 3.63) is 81.4 Å². The van der Waals surface area contributed by atoms with E-state index >= 15 is 0 Å². The molecule has 0 bridgehead atoms. The van der Waals surface area contributed by atoms with Crippen LogP contribution in [0.2, 0.25) is 5.02 Å². The van der Waals surface area contributed by atoms with Crippen LogP contribution in [-0.4, -0.2) is 0 Å². The van der Waals surface area contributed by atoms with Gasteiger partial charge in [0, 0.05) is 14.2 Å². The maximum absolute atomic E-state index is 6.24. The molecule has 22 heavy (non-hydrogen) atoms. The molecule has 0 fully saturated rings. The number of hydrogen-bond donors (Lipinski definition) is 0. The lowest BCUT2D eigenvalue weighted by atomic mass is 9.93. The normalized spacial score (nSPS) is 11.2. The van der Waals surface area contributed by atoms with Gasteiger partial charge in [-0.25, -0.2) is 0 Å². The SMILES string of the molecule is Clc1ccc2c(c1)c(I)c(-c1ccccc1)c1ccccc12. The molecule has 0 N–H and O–H groups in total. The van der Waals surface area contributed by atoms with Crippen molar-refractivity contribution < 1.29 is 0 Å². The molecule has 2 heteroatoms. The average Bonchev–Trinajstić information content (AvgIpc) is 2.56. The highest BCUT2D eigenvalue weighted by Gasteiger charge is 2.13. The molecule has 0 spiro atoms. The Morgan fingerprint density at radius 3 is 2.05 bits per heavy atom. The number of fused-ring (bicyclic) bond motifs is 3. The lowest BCUT2D eigenvalue weighted by molar-refractivity contribution is 1.64. The van der Waals surface area contributed by atoms with Crippen LogP contribution in [-0.2, 0) is 0 Å². The molecule has 0 radical (unpaired) electrons. The molecule has 106 valence electrons. The van der Waals surface area contributed by atoms with E-state index in [4.69, 9.17) is 11.6 Å². The lowest BCUT2D eigenvalue weighted by Crippen LogP contribution is -1.89. The Balaban J connectivity index is 2.25. The lowest BCUT2D eigenvalue weighted by Gasteiger charge is -2.14. The van der Waals surface area contributed by atoms with Crippen LogP contribution in [0.5, 0.6) is 0 Å². The Kier molecular flexibility index (Phi) is 3.55. The third-order valence-electron chi connectivity index (χ3n) is 3.99. The fourth-order valence-corrected chi connectivity index (χ4v) is 4.23. The van der Waals surface area contributed by atoms with Gasteiger partial charge in [-0.15, -0.1) is 0 Å². The minimum Gasteiger partial charge on any atom is -0.0843 e. The topological polar surface area (TPSA) is 0 Å². The summed E-state index contributed by atoms with van der Waals surface area (Å²) in [6.07, 6.45) is 0. The van der Waals surface area contributed by atoms with Crippen molar-refractivity contribution in [2.24, 2.45) is 0 Å².